The number of aliphatic hydroxyl groups excluding tert-OH is 1. The Balaban J connectivity index is 2.47. The van der Waals surface area contributed by atoms with Crippen molar-refractivity contribution < 1.29 is 19.3 Å². The summed E-state index contributed by atoms with van der Waals surface area (Å²) in [6.07, 6.45) is 0.708. The lowest BCUT2D eigenvalue weighted by Gasteiger charge is -2.24. The van der Waals surface area contributed by atoms with Crippen molar-refractivity contribution in [1.29, 1.82) is 0 Å². The molecule has 0 unspecified atom stereocenters. The zero-order valence-corrected chi connectivity index (χ0v) is 17.8. The molecule has 0 spiro atoms. The van der Waals surface area contributed by atoms with Crippen molar-refractivity contribution in [2.45, 2.75) is 58.9 Å². The highest BCUT2D eigenvalue weighted by atomic mass is 16.5. The van der Waals surface area contributed by atoms with Gasteiger partial charge in [0, 0.05) is 25.7 Å². The van der Waals surface area contributed by atoms with Gasteiger partial charge >= 0.3 is 0 Å². The minimum absolute atomic E-state index is 0.233. The molecule has 0 radical (unpaired) electrons. The number of rotatable bonds is 14. The second kappa shape index (κ2) is 12.9. The molecule has 1 atom stereocenters. The number of nitrogens with one attached hydrogen (secondary N) is 1. The maximum atomic E-state index is 10.2. The van der Waals surface area contributed by atoms with Crippen LogP contribution in [0.3, 0.4) is 0 Å². The summed E-state index contributed by atoms with van der Waals surface area (Å²) in [4.78, 5) is 2.09. The van der Waals surface area contributed by atoms with E-state index in [-0.39, 0.29) is 12.7 Å². The van der Waals surface area contributed by atoms with Crippen LogP contribution in [0.25, 0.3) is 0 Å². The Kier molecular flexibility index (Phi) is 11.4. The summed E-state index contributed by atoms with van der Waals surface area (Å²) in [6, 6.07) is 6.28. The van der Waals surface area contributed by atoms with Gasteiger partial charge in [0.1, 0.15) is 12.7 Å². The van der Waals surface area contributed by atoms with Gasteiger partial charge in [-0.2, -0.15) is 0 Å². The first-order chi connectivity index (χ1) is 12.8. The van der Waals surface area contributed by atoms with Crippen LogP contribution in [-0.4, -0.2) is 68.7 Å². The fraction of sp³-hybridized carbons (Fsp3) is 0.714. The number of aliphatic hydroxyl groups is 1. The SMILES string of the molecule is COc1ccc(CNCCCOC(C)C)cc1OC[C@@H](O)CN(C)C(C)C. The summed E-state index contributed by atoms with van der Waals surface area (Å²) in [6.45, 7) is 11.5. The monoisotopic (exact) mass is 382 g/mol. The molecule has 0 aliphatic heterocycles. The highest BCUT2D eigenvalue weighted by molar-refractivity contribution is 5.43. The number of hydrogen-bond acceptors (Lipinski definition) is 6. The van der Waals surface area contributed by atoms with E-state index in [9.17, 15) is 5.11 Å². The lowest BCUT2D eigenvalue weighted by atomic mass is 10.2. The molecule has 0 saturated heterocycles. The smallest absolute Gasteiger partial charge is 0.161 e. The van der Waals surface area contributed by atoms with Gasteiger partial charge in [-0.15, -0.1) is 0 Å². The molecule has 1 aromatic carbocycles. The van der Waals surface area contributed by atoms with Gasteiger partial charge in [-0.3, -0.25) is 0 Å². The summed E-state index contributed by atoms with van der Waals surface area (Å²) >= 11 is 0. The van der Waals surface area contributed by atoms with Crippen molar-refractivity contribution in [3.05, 3.63) is 23.8 Å². The third-order valence-electron chi connectivity index (χ3n) is 4.32. The van der Waals surface area contributed by atoms with E-state index in [1.165, 1.54) is 0 Å². The van der Waals surface area contributed by atoms with E-state index in [0.717, 1.165) is 31.7 Å². The van der Waals surface area contributed by atoms with Gasteiger partial charge in [0.05, 0.1) is 13.2 Å². The van der Waals surface area contributed by atoms with Gasteiger partial charge in [-0.1, -0.05) is 6.07 Å². The molecule has 156 valence electrons. The normalized spacial score (nSPS) is 12.8. The van der Waals surface area contributed by atoms with Gasteiger partial charge in [0.25, 0.3) is 0 Å². The van der Waals surface area contributed by atoms with Crippen LogP contribution in [0, 0.1) is 0 Å². The molecule has 27 heavy (non-hydrogen) atoms. The predicted molar refractivity (Wildman–Crippen MR) is 110 cm³/mol. The molecular formula is C21H38N2O4. The fourth-order valence-electron chi connectivity index (χ4n) is 2.47. The summed E-state index contributed by atoms with van der Waals surface area (Å²) < 4.78 is 16.7. The van der Waals surface area contributed by atoms with Crippen LogP contribution in [0.5, 0.6) is 11.5 Å². The molecule has 2 N–H and O–H groups in total. The van der Waals surface area contributed by atoms with Crippen LogP contribution in [0.2, 0.25) is 0 Å². The Labute approximate surface area is 164 Å². The molecule has 0 aliphatic rings. The molecule has 1 aromatic rings. The lowest BCUT2D eigenvalue weighted by molar-refractivity contribution is 0.0668. The Morgan fingerprint density at radius 2 is 1.89 bits per heavy atom. The van der Waals surface area contributed by atoms with Crippen LogP contribution in [-0.2, 0) is 11.3 Å². The summed E-state index contributed by atoms with van der Waals surface area (Å²) in [7, 11) is 3.62. The Morgan fingerprint density at radius 3 is 2.52 bits per heavy atom. The van der Waals surface area contributed by atoms with Gasteiger partial charge in [-0.05, 0) is 65.4 Å². The van der Waals surface area contributed by atoms with Gasteiger partial charge in [-0.25, -0.2) is 0 Å². The zero-order valence-electron chi connectivity index (χ0n) is 17.8. The first-order valence-electron chi connectivity index (χ1n) is 9.83. The number of likely N-dealkylation sites (N-methyl/N-ethyl adjacent to an activating group) is 1. The van der Waals surface area contributed by atoms with E-state index >= 15 is 0 Å². The van der Waals surface area contributed by atoms with E-state index in [0.29, 0.717) is 24.1 Å². The van der Waals surface area contributed by atoms with E-state index in [4.69, 9.17) is 14.2 Å². The van der Waals surface area contributed by atoms with E-state index < -0.39 is 6.10 Å². The van der Waals surface area contributed by atoms with Gasteiger partial charge in [0.2, 0.25) is 0 Å². The van der Waals surface area contributed by atoms with Gasteiger partial charge in [0.15, 0.2) is 11.5 Å². The third-order valence-corrected chi connectivity index (χ3v) is 4.32. The Bertz CT molecular complexity index is 523. The first kappa shape index (κ1) is 23.7. The fourth-order valence-corrected chi connectivity index (χ4v) is 2.47. The molecule has 0 aromatic heterocycles. The molecule has 6 heteroatoms. The van der Waals surface area contributed by atoms with Crippen molar-refractivity contribution in [1.82, 2.24) is 10.2 Å². The standard InChI is InChI=1S/C21H38N2O4/c1-16(2)23(5)14-19(24)15-27-21-12-18(8-9-20(21)25-6)13-22-10-7-11-26-17(3)4/h8-9,12,16-17,19,22,24H,7,10-11,13-15H2,1-6H3/t19-/m0/s1. The van der Waals surface area contributed by atoms with E-state index in [2.05, 4.69) is 24.1 Å². The van der Waals surface area contributed by atoms with Crippen LogP contribution in [0.4, 0.5) is 0 Å². The molecule has 0 bridgehead atoms. The molecule has 0 saturated carbocycles. The quantitative estimate of drug-likeness (QED) is 0.483. The first-order valence-corrected chi connectivity index (χ1v) is 9.83. The molecule has 0 heterocycles. The summed E-state index contributed by atoms with van der Waals surface area (Å²) in [5, 5.41) is 13.6. The van der Waals surface area contributed by atoms with Gasteiger partial charge < -0.3 is 29.5 Å². The van der Waals surface area contributed by atoms with Crippen molar-refractivity contribution >= 4 is 0 Å². The van der Waals surface area contributed by atoms with Crippen molar-refractivity contribution in [2.24, 2.45) is 0 Å². The average molecular weight is 383 g/mol. The zero-order chi connectivity index (χ0) is 20.2. The molecular weight excluding hydrogens is 344 g/mol. The van der Waals surface area contributed by atoms with E-state index in [1.54, 1.807) is 7.11 Å². The number of hydrogen-bond donors (Lipinski definition) is 2. The number of ether oxygens (including phenoxy) is 3. The molecule has 6 nitrogen and oxygen atoms in total. The second-order valence-electron chi connectivity index (χ2n) is 7.43. The number of methoxy groups -OCH3 is 1. The molecule has 0 amide bonds. The molecule has 1 rings (SSSR count). The lowest BCUT2D eigenvalue weighted by Crippen LogP contribution is -2.37. The second-order valence-corrected chi connectivity index (χ2v) is 7.43. The van der Waals surface area contributed by atoms with Crippen LogP contribution in [0.1, 0.15) is 39.7 Å². The largest absolute Gasteiger partial charge is 0.493 e. The van der Waals surface area contributed by atoms with Crippen LogP contribution in [0.15, 0.2) is 18.2 Å². The average Bonchev–Trinajstić information content (AvgIpc) is 2.62. The third kappa shape index (κ3) is 9.96. The highest BCUT2D eigenvalue weighted by Gasteiger charge is 2.13. The van der Waals surface area contributed by atoms with E-state index in [1.807, 2.05) is 39.1 Å². The van der Waals surface area contributed by atoms with Crippen molar-refractivity contribution in [3.8, 4) is 11.5 Å². The summed E-state index contributed by atoms with van der Waals surface area (Å²) in [5.41, 5.74) is 1.12. The Morgan fingerprint density at radius 1 is 1.15 bits per heavy atom. The van der Waals surface area contributed by atoms with Crippen LogP contribution >= 0.6 is 0 Å². The maximum Gasteiger partial charge on any atom is 0.161 e. The minimum atomic E-state index is -0.551. The summed E-state index contributed by atoms with van der Waals surface area (Å²) in [5.74, 6) is 1.33. The van der Waals surface area contributed by atoms with Crippen LogP contribution < -0.4 is 14.8 Å². The predicted octanol–water partition coefficient (Wildman–Crippen LogP) is 2.68. The molecule has 0 fully saturated rings. The Hall–Kier alpha value is -1.34. The molecule has 0 aliphatic carbocycles. The van der Waals surface area contributed by atoms with Crippen molar-refractivity contribution in [2.75, 3.05) is 40.5 Å². The maximum absolute atomic E-state index is 10.2. The van der Waals surface area contributed by atoms with Crippen molar-refractivity contribution in [3.63, 3.8) is 0 Å². The highest BCUT2D eigenvalue weighted by Crippen LogP contribution is 2.28. The number of nitrogens with zero attached hydrogens (tertiary/aromatic N) is 1. The number of benzene rings is 1. The minimum Gasteiger partial charge on any atom is -0.493 e. The topological polar surface area (TPSA) is 63.2 Å².